The van der Waals surface area contributed by atoms with E-state index in [4.69, 9.17) is 16.3 Å². The van der Waals surface area contributed by atoms with E-state index < -0.39 is 19.9 Å². The van der Waals surface area contributed by atoms with Crippen LogP contribution in [0, 0.1) is 0 Å². The maximum Gasteiger partial charge on any atom is 0.264 e. The van der Waals surface area contributed by atoms with Gasteiger partial charge in [0.05, 0.1) is 35.2 Å². The first kappa shape index (κ1) is 29.3. The molecular formula is C26H30Cl2N2O5S2. The molecule has 0 atom stereocenters. The second-order valence-corrected chi connectivity index (χ2v) is 13.2. The Morgan fingerprint density at radius 2 is 1.51 bits per heavy atom. The maximum atomic E-state index is 13.6. The molecule has 4 rings (SSSR count). The molecule has 11 heteroatoms. The number of hydrogen-bond donors (Lipinski definition) is 0. The van der Waals surface area contributed by atoms with Crippen molar-refractivity contribution >= 4 is 49.6 Å². The first-order chi connectivity index (χ1) is 17.2. The molecular weight excluding hydrogens is 555 g/mol. The van der Waals surface area contributed by atoms with Crippen molar-refractivity contribution in [1.29, 1.82) is 0 Å². The summed E-state index contributed by atoms with van der Waals surface area (Å²) in [6.07, 6.45) is 0.736. The van der Waals surface area contributed by atoms with Gasteiger partial charge in [-0.3, -0.25) is 4.31 Å². The molecule has 7 nitrogen and oxygen atoms in total. The first-order valence-corrected chi connectivity index (χ1v) is 15.4. The van der Waals surface area contributed by atoms with Gasteiger partial charge in [-0.15, -0.1) is 12.4 Å². The molecule has 3 aromatic carbocycles. The van der Waals surface area contributed by atoms with Gasteiger partial charge in [-0.2, -0.15) is 0 Å². The second-order valence-electron chi connectivity index (χ2n) is 8.60. The lowest BCUT2D eigenvalue weighted by atomic mass is 10.2. The normalized spacial score (nSPS) is 15.5. The van der Waals surface area contributed by atoms with Crippen LogP contribution in [-0.4, -0.2) is 59.5 Å². The molecule has 1 aliphatic rings. The van der Waals surface area contributed by atoms with Crippen molar-refractivity contribution in [3.63, 3.8) is 0 Å². The Morgan fingerprint density at radius 1 is 0.892 bits per heavy atom. The van der Waals surface area contributed by atoms with Crippen LogP contribution in [0.2, 0.25) is 5.02 Å². The lowest BCUT2D eigenvalue weighted by molar-refractivity contribution is 0.245. The van der Waals surface area contributed by atoms with Crippen LogP contribution in [0.1, 0.15) is 12.0 Å². The highest BCUT2D eigenvalue weighted by molar-refractivity contribution is 7.92. The van der Waals surface area contributed by atoms with E-state index in [1.54, 1.807) is 36.4 Å². The van der Waals surface area contributed by atoms with Crippen LogP contribution in [-0.2, 0) is 26.4 Å². The van der Waals surface area contributed by atoms with E-state index in [9.17, 15) is 16.8 Å². The van der Waals surface area contributed by atoms with Gasteiger partial charge in [0.25, 0.3) is 10.0 Å². The van der Waals surface area contributed by atoms with Crippen LogP contribution >= 0.6 is 24.0 Å². The van der Waals surface area contributed by atoms with Crippen molar-refractivity contribution in [2.24, 2.45) is 0 Å². The molecule has 0 spiro atoms. The van der Waals surface area contributed by atoms with E-state index in [1.165, 1.54) is 16.4 Å². The van der Waals surface area contributed by atoms with Crippen molar-refractivity contribution < 1.29 is 21.6 Å². The number of nitrogens with zero attached hydrogens (tertiary/aromatic N) is 2. The van der Waals surface area contributed by atoms with E-state index in [0.717, 1.165) is 18.5 Å². The van der Waals surface area contributed by atoms with Crippen molar-refractivity contribution in [2.45, 2.75) is 17.9 Å². The molecule has 1 saturated heterocycles. The van der Waals surface area contributed by atoms with Crippen LogP contribution in [0.3, 0.4) is 0 Å². The van der Waals surface area contributed by atoms with Crippen LogP contribution in [0.25, 0.3) is 0 Å². The Kier molecular flexibility index (Phi) is 10.3. The van der Waals surface area contributed by atoms with Crippen molar-refractivity contribution in [3.05, 3.63) is 89.4 Å². The third kappa shape index (κ3) is 7.85. The lowest BCUT2D eigenvalue weighted by Gasteiger charge is -2.27. The van der Waals surface area contributed by atoms with Crippen molar-refractivity contribution in [1.82, 2.24) is 4.90 Å². The number of anilines is 1. The van der Waals surface area contributed by atoms with Gasteiger partial charge in [-0.05, 0) is 48.9 Å². The van der Waals surface area contributed by atoms with E-state index in [1.807, 2.05) is 30.3 Å². The predicted molar refractivity (Wildman–Crippen MR) is 150 cm³/mol. The summed E-state index contributed by atoms with van der Waals surface area (Å²) in [6, 6.07) is 22.5. The SMILES string of the molecule is Cl.O=S1(=O)CCN(CCCOc2ccccc2CN(c2ccccc2)S(=O)(=O)c2ccc(Cl)cc2)CC1. The first-order valence-electron chi connectivity index (χ1n) is 11.7. The number of sulfone groups is 1. The monoisotopic (exact) mass is 584 g/mol. The van der Waals surface area contributed by atoms with Crippen molar-refractivity contribution in [2.75, 3.05) is 42.1 Å². The molecule has 1 heterocycles. The third-order valence-electron chi connectivity index (χ3n) is 6.05. The molecule has 3 aromatic rings. The molecule has 1 fully saturated rings. The highest BCUT2D eigenvalue weighted by Gasteiger charge is 2.26. The van der Waals surface area contributed by atoms with Gasteiger partial charge < -0.3 is 9.64 Å². The molecule has 0 aromatic heterocycles. The van der Waals surface area contributed by atoms with Gasteiger partial charge in [0.1, 0.15) is 5.75 Å². The molecule has 0 N–H and O–H groups in total. The zero-order valence-corrected chi connectivity index (χ0v) is 23.4. The molecule has 0 radical (unpaired) electrons. The van der Waals surface area contributed by atoms with E-state index in [2.05, 4.69) is 4.90 Å². The van der Waals surface area contributed by atoms with E-state index in [0.29, 0.717) is 36.2 Å². The van der Waals surface area contributed by atoms with Crippen LogP contribution in [0.5, 0.6) is 5.75 Å². The van der Waals surface area contributed by atoms with E-state index >= 15 is 0 Å². The predicted octanol–water partition coefficient (Wildman–Crippen LogP) is 4.66. The van der Waals surface area contributed by atoms with Gasteiger partial charge in [0.2, 0.25) is 0 Å². The van der Waals surface area contributed by atoms with E-state index in [-0.39, 0.29) is 35.4 Å². The summed E-state index contributed by atoms with van der Waals surface area (Å²) in [4.78, 5) is 2.28. The summed E-state index contributed by atoms with van der Waals surface area (Å²) >= 11 is 5.98. The summed E-state index contributed by atoms with van der Waals surface area (Å²) in [6.45, 7) is 2.38. The van der Waals surface area contributed by atoms with Crippen molar-refractivity contribution in [3.8, 4) is 5.75 Å². The Labute approximate surface area is 230 Å². The highest BCUT2D eigenvalue weighted by Crippen LogP contribution is 2.29. The standard InChI is InChI=1S/C26H29ClN2O5S2.ClH/c27-23-11-13-25(14-12-23)36(32,33)29(24-8-2-1-3-9-24)21-22-7-4-5-10-26(22)34-18-6-15-28-16-19-35(30,31)20-17-28;/h1-5,7-14H,6,15-21H2;1H. The molecule has 0 bridgehead atoms. The number of hydrogen-bond acceptors (Lipinski definition) is 6. The molecule has 0 aliphatic carbocycles. The molecule has 0 amide bonds. The Hall–Kier alpha value is -2.30. The van der Waals surface area contributed by atoms with Gasteiger partial charge >= 0.3 is 0 Å². The van der Waals surface area contributed by atoms with Crippen LogP contribution in [0.15, 0.2) is 83.8 Å². The van der Waals surface area contributed by atoms with Crippen LogP contribution in [0.4, 0.5) is 5.69 Å². The third-order valence-corrected chi connectivity index (χ3v) is 9.69. The Morgan fingerprint density at radius 3 is 2.19 bits per heavy atom. The molecule has 0 unspecified atom stereocenters. The number of sulfonamides is 1. The fourth-order valence-electron chi connectivity index (χ4n) is 4.02. The maximum absolute atomic E-state index is 13.6. The zero-order valence-electron chi connectivity index (χ0n) is 20.2. The highest BCUT2D eigenvalue weighted by atomic mass is 35.5. The fraction of sp³-hybridized carbons (Fsp3) is 0.308. The Bertz CT molecular complexity index is 1360. The number of para-hydroxylation sites is 2. The number of halogens is 2. The molecule has 1 aliphatic heterocycles. The minimum absolute atomic E-state index is 0. The summed E-state index contributed by atoms with van der Waals surface area (Å²) in [7, 11) is -6.77. The minimum Gasteiger partial charge on any atom is -0.493 e. The lowest BCUT2D eigenvalue weighted by Crippen LogP contribution is -2.40. The Balaban J connectivity index is 0.00000380. The fourth-order valence-corrected chi connectivity index (χ4v) is 6.86. The topological polar surface area (TPSA) is 84.0 Å². The number of rotatable bonds is 10. The van der Waals surface area contributed by atoms with Gasteiger partial charge in [0, 0.05) is 30.2 Å². The quantitative estimate of drug-likeness (QED) is 0.322. The smallest absolute Gasteiger partial charge is 0.264 e. The summed E-state index contributed by atoms with van der Waals surface area (Å²) in [5.74, 6) is 1.02. The number of benzene rings is 3. The van der Waals surface area contributed by atoms with Gasteiger partial charge in [-0.25, -0.2) is 16.8 Å². The average molecular weight is 586 g/mol. The number of ether oxygens (including phenoxy) is 1. The molecule has 37 heavy (non-hydrogen) atoms. The minimum atomic E-state index is -3.87. The molecule has 0 saturated carbocycles. The largest absolute Gasteiger partial charge is 0.493 e. The second kappa shape index (κ2) is 13.0. The summed E-state index contributed by atoms with van der Waals surface area (Å²) < 4.78 is 57.9. The zero-order chi connectivity index (χ0) is 25.6. The molecule has 200 valence electrons. The van der Waals surface area contributed by atoms with Gasteiger partial charge in [0.15, 0.2) is 9.84 Å². The summed E-state index contributed by atoms with van der Waals surface area (Å²) in [5, 5.41) is 0.463. The average Bonchev–Trinajstić information content (AvgIpc) is 2.87. The summed E-state index contributed by atoms with van der Waals surface area (Å²) in [5.41, 5.74) is 1.28. The van der Waals surface area contributed by atoms with Crippen LogP contribution < -0.4 is 9.04 Å². The van der Waals surface area contributed by atoms with Gasteiger partial charge in [-0.1, -0.05) is 48.0 Å².